The van der Waals surface area contributed by atoms with E-state index in [0.717, 1.165) is 0 Å². The summed E-state index contributed by atoms with van der Waals surface area (Å²) >= 11 is 5.78. The Bertz CT molecular complexity index is 585. The fourth-order valence-corrected chi connectivity index (χ4v) is 2.65. The molecule has 2 N–H and O–H groups in total. The van der Waals surface area contributed by atoms with Crippen molar-refractivity contribution in [2.24, 2.45) is 0 Å². The lowest BCUT2D eigenvalue weighted by molar-refractivity contribution is -0.140. The average molecular weight is 308 g/mol. The van der Waals surface area contributed by atoms with E-state index in [1.165, 1.54) is 19.2 Å². The molecule has 0 fully saturated rings. The van der Waals surface area contributed by atoms with Crippen molar-refractivity contribution in [1.29, 1.82) is 0 Å². The minimum Gasteiger partial charge on any atom is -0.505 e. The number of methoxy groups -OCH3 is 1. The molecule has 8 heteroatoms. The molecule has 0 saturated heterocycles. The fraction of sp³-hybridized carbons (Fsp3) is 0.364. The molecule has 0 unspecified atom stereocenters. The van der Waals surface area contributed by atoms with E-state index in [4.69, 9.17) is 11.6 Å². The van der Waals surface area contributed by atoms with Crippen molar-refractivity contribution in [3.63, 3.8) is 0 Å². The maximum atomic E-state index is 11.7. The summed E-state index contributed by atoms with van der Waals surface area (Å²) in [6.07, 6.45) is -0.272. The van der Waals surface area contributed by atoms with Crippen LogP contribution < -0.4 is 4.72 Å². The van der Waals surface area contributed by atoms with Crippen LogP contribution in [0, 0.1) is 6.92 Å². The maximum Gasteiger partial charge on any atom is 0.306 e. The number of aromatic hydroxyl groups is 1. The number of aryl methyl sites for hydroxylation is 1. The maximum absolute atomic E-state index is 11.7. The number of ether oxygens (including phenoxy) is 1. The Morgan fingerprint density at radius 3 is 2.68 bits per heavy atom. The van der Waals surface area contributed by atoms with Gasteiger partial charge in [0.15, 0.2) is 0 Å². The van der Waals surface area contributed by atoms with Crippen molar-refractivity contribution in [2.75, 3.05) is 17.6 Å². The third-order valence-corrected chi connectivity index (χ3v) is 3.82. The first-order chi connectivity index (χ1) is 8.75. The molecule has 0 heterocycles. The summed E-state index contributed by atoms with van der Waals surface area (Å²) in [4.78, 5) is 10.9. The summed E-state index contributed by atoms with van der Waals surface area (Å²) in [5, 5.41) is 10.0. The van der Waals surface area contributed by atoms with Crippen LogP contribution in [0.1, 0.15) is 12.0 Å². The zero-order valence-electron chi connectivity index (χ0n) is 10.4. The third-order valence-electron chi connectivity index (χ3n) is 2.33. The molecule has 19 heavy (non-hydrogen) atoms. The molecule has 0 spiro atoms. The quantitative estimate of drug-likeness (QED) is 0.637. The molecule has 0 bridgehead atoms. The molecule has 1 rings (SSSR count). The molecule has 0 atom stereocenters. The molecule has 0 radical (unpaired) electrons. The molecular formula is C11H14ClNO5S. The molecule has 0 aliphatic rings. The standard InChI is InChI=1S/C11H14ClNO5S/c1-7-5-8(12)6-9(11(7)15)13-19(16,17)4-3-10(14)18-2/h5-6,13,15H,3-4H2,1-2H3. The molecule has 0 aromatic heterocycles. The van der Waals surface area contributed by atoms with E-state index in [1.807, 2.05) is 0 Å². The van der Waals surface area contributed by atoms with Crippen LogP contribution in [0.5, 0.6) is 5.75 Å². The van der Waals surface area contributed by atoms with E-state index in [9.17, 15) is 18.3 Å². The van der Waals surface area contributed by atoms with E-state index in [1.54, 1.807) is 6.92 Å². The number of carbonyl (C=O) groups excluding carboxylic acids is 1. The van der Waals surface area contributed by atoms with E-state index in [-0.39, 0.29) is 17.9 Å². The largest absolute Gasteiger partial charge is 0.505 e. The van der Waals surface area contributed by atoms with Crippen molar-refractivity contribution in [1.82, 2.24) is 0 Å². The van der Waals surface area contributed by atoms with Gasteiger partial charge in [0.1, 0.15) is 5.75 Å². The number of hydrogen-bond acceptors (Lipinski definition) is 5. The van der Waals surface area contributed by atoms with Gasteiger partial charge in [-0.25, -0.2) is 8.42 Å². The van der Waals surface area contributed by atoms with Gasteiger partial charge in [0, 0.05) is 5.02 Å². The Hall–Kier alpha value is -1.47. The van der Waals surface area contributed by atoms with Crippen LogP contribution in [0.25, 0.3) is 0 Å². The lowest BCUT2D eigenvalue weighted by atomic mass is 10.2. The first kappa shape index (κ1) is 15.6. The normalized spacial score (nSPS) is 11.1. The first-order valence-electron chi connectivity index (χ1n) is 5.31. The summed E-state index contributed by atoms with van der Waals surface area (Å²) in [6, 6.07) is 2.79. The third kappa shape index (κ3) is 4.60. The number of phenols is 1. The molecule has 0 aliphatic carbocycles. The van der Waals surface area contributed by atoms with Gasteiger partial charge >= 0.3 is 5.97 Å². The molecule has 6 nitrogen and oxygen atoms in total. The zero-order valence-corrected chi connectivity index (χ0v) is 12.0. The number of halogens is 1. The second-order valence-electron chi connectivity index (χ2n) is 3.87. The Morgan fingerprint density at radius 1 is 1.47 bits per heavy atom. The highest BCUT2D eigenvalue weighted by molar-refractivity contribution is 7.92. The van der Waals surface area contributed by atoms with Gasteiger partial charge in [-0.15, -0.1) is 0 Å². The van der Waals surface area contributed by atoms with E-state index in [0.29, 0.717) is 10.6 Å². The van der Waals surface area contributed by atoms with Gasteiger partial charge in [-0.1, -0.05) is 11.6 Å². The summed E-state index contributed by atoms with van der Waals surface area (Å²) in [5.74, 6) is -1.27. The number of anilines is 1. The van der Waals surface area contributed by atoms with Crippen molar-refractivity contribution >= 4 is 33.3 Å². The zero-order chi connectivity index (χ0) is 14.6. The summed E-state index contributed by atoms with van der Waals surface area (Å²) in [6.45, 7) is 1.59. The summed E-state index contributed by atoms with van der Waals surface area (Å²) in [5.41, 5.74) is 0.424. The van der Waals surface area contributed by atoms with E-state index in [2.05, 4.69) is 9.46 Å². The smallest absolute Gasteiger partial charge is 0.306 e. The SMILES string of the molecule is COC(=O)CCS(=O)(=O)Nc1cc(Cl)cc(C)c1O. The topological polar surface area (TPSA) is 92.7 Å². The molecule has 0 amide bonds. The van der Waals surface area contributed by atoms with Crippen molar-refractivity contribution < 1.29 is 23.1 Å². The molecular weight excluding hydrogens is 294 g/mol. The second kappa shape index (κ2) is 6.12. The van der Waals surface area contributed by atoms with Crippen LogP contribution in [-0.4, -0.2) is 32.4 Å². The van der Waals surface area contributed by atoms with Crippen LogP contribution in [0.4, 0.5) is 5.69 Å². The van der Waals surface area contributed by atoms with E-state index >= 15 is 0 Å². The number of nitrogens with one attached hydrogen (secondary N) is 1. The van der Waals surface area contributed by atoms with Gasteiger partial charge in [0.05, 0.1) is 25.0 Å². The Morgan fingerprint density at radius 2 is 2.11 bits per heavy atom. The van der Waals surface area contributed by atoms with Crippen molar-refractivity contribution in [3.05, 3.63) is 22.7 Å². The van der Waals surface area contributed by atoms with Gasteiger partial charge in [-0.3, -0.25) is 9.52 Å². The number of sulfonamides is 1. The number of benzene rings is 1. The molecule has 1 aromatic carbocycles. The van der Waals surface area contributed by atoms with E-state index < -0.39 is 21.7 Å². The molecule has 1 aromatic rings. The number of carbonyl (C=O) groups is 1. The lowest BCUT2D eigenvalue weighted by Gasteiger charge is -2.11. The van der Waals surface area contributed by atoms with Crippen LogP contribution in [0.15, 0.2) is 12.1 Å². The second-order valence-corrected chi connectivity index (χ2v) is 6.14. The number of phenolic OH excluding ortho intramolecular Hbond substituents is 1. The molecule has 106 valence electrons. The van der Waals surface area contributed by atoms with Gasteiger partial charge in [-0.05, 0) is 24.6 Å². The van der Waals surface area contributed by atoms with Gasteiger partial charge in [0.2, 0.25) is 10.0 Å². The van der Waals surface area contributed by atoms with Crippen LogP contribution in [0.2, 0.25) is 5.02 Å². The Labute approximate surface area is 116 Å². The number of rotatable bonds is 5. The number of esters is 1. The monoisotopic (exact) mass is 307 g/mol. The minimum absolute atomic E-state index is 0.0186. The Balaban J connectivity index is 2.87. The predicted octanol–water partition coefficient (Wildman–Crippen LogP) is 1.66. The van der Waals surface area contributed by atoms with Crippen LogP contribution in [0.3, 0.4) is 0 Å². The van der Waals surface area contributed by atoms with Crippen LogP contribution >= 0.6 is 11.6 Å². The Kier molecular flexibility index (Phi) is 5.02. The highest BCUT2D eigenvalue weighted by atomic mass is 35.5. The highest BCUT2D eigenvalue weighted by Gasteiger charge is 2.16. The lowest BCUT2D eigenvalue weighted by Crippen LogP contribution is -2.19. The summed E-state index contributed by atoms with van der Waals surface area (Å²) in [7, 11) is -2.59. The average Bonchev–Trinajstić information content (AvgIpc) is 2.32. The number of hydrogen-bond donors (Lipinski definition) is 2. The highest BCUT2D eigenvalue weighted by Crippen LogP contribution is 2.31. The molecule has 0 aliphatic heterocycles. The minimum atomic E-state index is -3.77. The predicted molar refractivity (Wildman–Crippen MR) is 71.9 cm³/mol. The van der Waals surface area contributed by atoms with Crippen LogP contribution in [-0.2, 0) is 19.6 Å². The molecule has 0 saturated carbocycles. The first-order valence-corrected chi connectivity index (χ1v) is 7.34. The van der Waals surface area contributed by atoms with Gasteiger partial charge in [0.25, 0.3) is 0 Å². The van der Waals surface area contributed by atoms with Crippen molar-refractivity contribution in [3.8, 4) is 5.75 Å². The van der Waals surface area contributed by atoms with Crippen molar-refractivity contribution in [2.45, 2.75) is 13.3 Å². The summed E-state index contributed by atoms with van der Waals surface area (Å²) < 4.78 is 30.0. The fourth-order valence-electron chi connectivity index (χ4n) is 1.35. The van der Waals surface area contributed by atoms with Gasteiger partial charge in [-0.2, -0.15) is 0 Å². The van der Waals surface area contributed by atoms with Gasteiger partial charge < -0.3 is 9.84 Å².